The van der Waals surface area contributed by atoms with Crippen molar-refractivity contribution >= 4 is 11.6 Å². The summed E-state index contributed by atoms with van der Waals surface area (Å²) in [4.78, 5) is 12.4. The standard InChI is InChI=1S/C16H22N2O3/c1-20-11-7-12(14(17)13(8-11)21-2)15(19)18-9-16(5-6-16)10-3-4-10/h7-8,10H,3-6,9,17H2,1-2H3,(H,18,19). The quantitative estimate of drug-likeness (QED) is 0.788. The van der Waals surface area contributed by atoms with E-state index in [0.717, 1.165) is 12.5 Å². The molecule has 0 bridgehead atoms. The van der Waals surface area contributed by atoms with Gasteiger partial charge in [-0.05, 0) is 43.1 Å². The van der Waals surface area contributed by atoms with E-state index in [1.54, 1.807) is 19.2 Å². The van der Waals surface area contributed by atoms with Crippen LogP contribution in [0.4, 0.5) is 5.69 Å². The average molecular weight is 290 g/mol. The maximum atomic E-state index is 12.4. The molecule has 0 atom stereocenters. The molecular formula is C16H22N2O3. The van der Waals surface area contributed by atoms with E-state index in [2.05, 4.69) is 5.32 Å². The van der Waals surface area contributed by atoms with Crippen molar-refractivity contribution in [2.75, 3.05) is 26.5 Å². The van der Waals surface area contributed by atoms with E-state index in [4.69, 9.17) is 15.2 Å². The molecule has 3 rings (SSSR count). The molecule has 1 aromatic carbocycles. The highest BCUT2D eigenvalue weighted by Crippen LogP contribution is 2.60. The van der Waals surface area contributed by atoms with E-state index in [9.17, 15) is 4.79 Å². The molecule has 2 aliphatic rings. The first kappa shape index (κ1) is 14.0. The highest BCUT2D eigenvalue weighted by atomic mass is 16.5. The van der Waals surface area contributed by atoms with Crippen LogP contribution in [0.5, 0.6) is 11.5 Å². The summed E-state index contributed by atoms with van der Waals surface area (Å²) >= 11 is 0. The zero-order valence-corrected chi connectivity index (χ0v) is 12.6. The lowest BCUT2D eigenvalue weighted by atomic mass is 10.0. The highest BCUT2D eigenvalue weighted by molar-refractivity contribution is 6.01. The SMILES string of the molecule is COc1cc(OC)c(N)c(C(=O)NCC2(C3CC3)CC2)c1. The Kier molecular flexibility index (Phi) is 3.43. The molecule has 1 aromatic rings. The fraction of sp³-hybridized carbons (Fsp3) is 0.562. The van der Waals surface area contributed by atoms with Gasteiger partial charge in [0.05, 0.1) is 25.5 Å². The van der Waals surface area contributed by atoms with Gasteiger partial charge in [0, 0.05) is 12.6 Å². The van der Waals surface area contributed by atoms with Gasteiger partial charge in [-0.3, -0.25) is 4.79 Å². The van der Waals surface area contributed by atoms with Crippen LogP contribution in [0.3, 0.4) is 0 Å². The lowest BCUT2D eigenvalue weighted by Crippen LogP contribution is -2.31. The van der Waals surface area contributed by atoms with Crippen LogP contribution in [0.2, 0.25) is 0 Å². The molecule has 5 nitrogen and oxygen atoms in total. The number of carbonyl (C=O) groups is 1. The molecular weight excluding hydrogens is 268 g/mol. The van der Waals surface area contributed by atoms with Crippen LogP contribution in [0.25, 0.3) is 0 Å². The van der Waals surface area contributed by atoms with Crippen molar-refractivity contribution < 1.29 is 14.3 Å². The van der Waals surface area contributed by atoms with Crippen LogP contribution >= 0.6 is 0 Å². The van der Waals surface area contributed by atoms with Gasteiger partial charge in [0.25, 0.3) is 5.91 Å². The van der Waals surface area contributed by atoms with Crippen LogP contribution < -0.4 is 20.5 Å². The molecule has 21 heavy (non-hydrogen) atoms. The maximum Gasteiger partial charge on any atom is 0.253 e. The second-order valence-electron chi connectivity index (χ2n) is 6.11. The fourth-order valence-electron chi connectivity index (χ4n) is 3.01. The van der Waals surface area contributed by atoms with Gasteiger partial charge >= 0.3 is 0 Å². The normalized spacial score (nSPS) is 19.0. The number of hydrogen-bond donors (Lipinski definition) is 2. The second kappa shape index (κ2) is 5.13. The summed E-state index contributed by atoms with van der Waals surface area (Å²) < 4.78 is 10.4. The highest BCUT2D eigenvalue weighted by Gasteiger charge is 2.53. The lowest BCUT2D eigenvalue weighted by Gasteiger charge is -2.17. The maximum absolute atomic E-state index is 12.4. The van der Waals surface area contributed by atoms with Crippen LogP contribution in [-0.4, -0.2) is 26.7 Å². The van der Waals surface area contributed by atoms with Crippen LogP contribution in [0.1, 0.15) is 36.0 Å². The molecule has 0 aliphatic heterocycles. The largest absolute Gasteiger partial charge is 0.497 e. The number of nitrogens with one attached hydrogen (secondary N) is 1. The average Bonchev–Trinajstić information content (AvgIpc) is 3.38. The molecule has 0 spiro atoms. The number of amides is 1. The van der Waals surface area contributed by atoms with Gasteiger partial charge < -0.3 is 20.5 Å². The van der Waals surface area contributed by atoms with Gasteiger partial charge in [-0.25, -0.2) is 0 Å². The van der Waals surface area contributed by atoms with E-state index in [0.29, 0.717) is 28.2 Å². The number of carbonyl (C=O) groups excluding carboxylic acids is 1. The Balaban J connectivity index is 1.74. The third kappa shape index (κ3) is 2.64. The molecule has 114 valence electrons. The number of nitrogen functional groups attached to an aromatic ring is 1. The Bertz CT molecular complexity index is 563. The van der Waals surface area contributed by atoms with Crippen LogP contribution in [-0.2, 0) is 0 Å². The lowest BCUT2D eigenvalue weighted by molar-refractivity contribution is 0.0943. The number of hydrogen-bond acceptors (Lipinski definition) is 4. The minimum atomic E-state index is -0.156. The van der Waals surface area contributed by atoms with E-state index < -0.39 is 0 Å². The minimum absolute atomic E-state index is 0.156. The molecule has 2 aliphatic carbocycles. The van der Waals surface area contributed by atoms with Crippen LogP contribution in [0.15, 0.2) is 12.1 Å². The second-order valence-corrected chi connectivity index (χ2v) is 6.11. The van der Waals surface area contributed by atoms with Gasteiger partial charge in [0.15, 0.2) is 0 Å². The van der Waals surface area contributed by atoms with Gasteiger partial charge in [0.2, 0.25) is 0 Å². The molecule has 1 amide bonds. The number of anilines is 1. The zero-order chi connectivity index (χ0) is 15.0. The summed E-state index contributed by atoms with van der Waals surface area (Å²) in [6.45, 7) is 0.746. The monoisotopic (exact) mass is 290 g/mol. The Labute approximate surface area is 124 Å². The van der Waals surface area contributed by atoms with Gasteiger partial charge in [0.1, 0.15) is 11.5 Å². The fourth-order valence-corrected chi connectivity index (χ4v) is 3.01. The summed E-state index contributed by atoms with van der Waals surface area (Å²) in [5.74, 6) is 1.68. The van der Waals surface area contributed by atoms with Crippen molar-refractivity contribution in [2.45, 2.75) is 25.7 Å². The molecule has 0 saturated heterocycles. The molecule has 2 fully saturated rings. The number of methoxy groups -OCH3 is 2. The first-order chi connectivity index (χ1) is 10.1. The predicted molar refractivity (Wildman–Crippen MR) is 80.7 cm³/mol. The molecule has 0 radical (unpaired) electrons. The van der Waals surface area contributed by atoms with Crippen molar-refractivity contribution in [1.82, 2.24) is 5.32 Å². The number of ether oxygens (including phenoxy) is 2. The van der Waals surface area contributed by atoms with E-state index in [1.165, 1.54) is 32.8 Å². The van der Waals surface area contributed by atoms with Crippen molar-refractivity contribution in [3.8, 4) is 11.5 Å². The Morgan fingerprint density at radius 3 is 2.57 bits per heavy atom. The van der Waals surface area contributed by atoms with Gasteiger partial charge in [-0.2, -0.15) is 0 Å². The molecule has 3 N–H and O–H groups in total. The van der Waals surface area contributed by atoms with E-state index >= 15 is 0 Å². The molecule has 0 unspecified atom stereocenters. The number of rotatable bonds is 6. The first-order valence-corrected chi connectivity index (χ1v) is 7.39. The smallest absolute Gasteiger partial charge is 0.253 e. The summed E-state index contributed by atoms with van der Waals surface area (Å²) in [5, 5.41) is 3.04. The molecule has 0 heterocycles. The molecule has 2 saturated carbocycles. The Hall–Kier alpha value is -1.91. The first-order valence-electron chi connectivity index (χ1n) is 7.39. The third-order valence-corrected chi connectivity index (χ3v) is 4.75. The Morgan fingerprint density at radius 1 is 1.33 bits per heavy atom. The van der Waals surface area contributed by atoms with Crippen molar-refractivity contribution in [3.05, 3.63) is 17.7 Å². The van der Waals surface area contributed by atoms with Crippen LogP contribution in [0, 0.1) is 11.3 Å². The molecule has 5 heteroatoms. The Morgan fingerprint density at radius 2 is 2.05 bits per heavy atom. The molecule has 0 aromatic heterocycles. The minimum Gasteiger partial charge on any atom is -0.497 e. The number of benzene rings is 1. The topological polar surface area (TPSA) is 73.6 Å². The predicted octanol–water partition coefficient (Wildman–Crippen LogP) is 2.21. The zero-order valence-electron chi connectivity index (χ0n) is 12.6. The van der Waals surface area contributed by atoms with Crippen molar-refractivity contribution in [2.24, 2.45) is 11.3 Å². The van der Waals surface area contributed by atoms with E-state index in [-0.39, 0.29) is 5.91 Å². The summed E-state index contributed by atoms with van der Waals surface area (Å²) in [6, 6.07) is 3.34. The summed E-state index contributed by atoms with van der Waals surface area (Å²) in [5.41, 5.74) is 7.14. The van der Waals surface area contributed by atoms with Gasteiger partial charge in [-0.15, -0.1) is 0 Å². The summed E-state index contributed by atoms with van der Waals surface area (Å²) in [6.07, 6.45) is 5.08. The van der Waals surface area contributed by atoms with Gasteiger partial charge in [-0.1, -0.05) is 0 Å². The van der Waals surface area contributed by atoms with Crippen molar-refractivity contribution in [3.63, 3.8) is 0 Å². The van der Waals surface area contributed by atoms with E-state index in [1.807, 2.05) is 0 Å². The number of nitrogens with two attached hydrogens (primary N) is 1. The third-order valence-electron chi connectivity index (χ3n) is 4.75. The van der Waals surface area contributed by atoms with Crippen molar-refractivity contribution in [1.29, 1.82) is 0 Å². The summed E-state index contributed by atoms with van der Waals surface area (Å²) in [7, 11) is 3.08.